The Morgan fingerprint density at radius 1 is 1.43 bits per heavy atom. The summed E-state index contributed by atoms with van der Waals surface area (Å²) in [6, 6.07) is 4.96. The van der Waals surface area contributed by atoms with E-state index in [1.165, 1.54) is 18.0 Å². The van der Waals surface area contributed by atoms with Gasteiger partial charge in [-0.2, -0.15) is 0 Å². The lowest BCUT2D eigenvalue weighted by atomic mass is 10.0. The Morgan fingerprint density at radius 2 is 2.13 bits per heavy atom. The molecule has 1 aromatic heterocycles. The molecule has 0 spiro atoms. The zero-order chi connectivity index (χ0) is 22.2. The molecule has 8 nitrogen and oxygen atoms in total. The van der Waals surface area contributed by atoms with E-state index in [9.17, 15) is 19.1 Å². The van der Waals surface area contributed by atoms with Crippen LogP contribution in [0.1, 0.15) is 17.3 Å². The zero-order valence-corrected chi connectivity index (χ0v) is 16.9. The number of nitrogens with zero attached hydrogens (tertiary/aromatic N) is 2. The van der Waals surface area contributed by atoms with Gasteiger partial charge in [-0.05, 0) is 36.8 Å². The highest BCUT2D eigenvalue weighted by Gasteiger charge is 2.25. The molecular weight excluding hydrogens is 415 g/mol. The maximum absolute atomic E-state index is 14.8. The first-order valence-electron chi connectivity index (χ1n) is 8.66. The summed E-state index contributed by atoms with van der Waals surface area (Å²) < 4.78 is 20.1. The number of carbonyl (C=O) groups excluding carboxylic acids is 2. The average Bonchev–Trinajstić information content (AvgIpc) is 2.69. The first-order chi connectivity index (χ1) is 14.1. The number of benzene rings is 1. The summed E-state index contributed by atoms with van der Waals surface area (Å²) in [4.78, 5) is 29.8. The Balaban J connectivity index is 1.98. The van der Waals surface area contributed by atoms with Gasteiger partial charge in [0.25, 0.3) is 11.8 Å². The van der Waals surface area contributed by atoms with Gasteiger partial charge in [0.05, 0.1) is 17.0 Å². The van der Waals surface area contributed by atoms with Gasteiger partial charge in [-0.1, -0.05) is 18.2 Å². The number of phenols is 1. The van der Waals surface area contributed by atoms with E-state index in [1.807, 2.05) is 0 Å². The molecule has 2 aromatic rings. The number of phenolic OH excluding ortho intramolecular Hbond substituents is 1. The second-order valence-electron chi connectivity index (χ2n) is 6.57. The molecule has 0 saturated heterocycles. The highest BCUT2D eigenvalue weighted by atomic mass is 35.5. The molecule has 0 saturated carbocycles. The minimum absolute atomic E-state index is 0.0641. The van der Waals surface area contributed by atoms with Crippen LogP contribution in [-0.4, -0.2) is 35.6 Å². The smallest absolute Gasteiger partial charge is 0.265 e. The van der Waals surface area contributed by atoms with E-state index in [4.69, 9.17) is 22.1 Å². The molecule has 0 aliphatic carbocycles. The fraction of sp³-hybridized carbons (Fsp3) is 0.150. The molecular formula is C20H18ClFN4O4. The summed E-state index contributed by atoms with van der Waals surface area (Å²) in [5, 5.41) is 12.5. The molecule has 4 N–H and O–H groups in total. The molecule has 2 heterocycles. The van der Waals surface area contributed by atoms with Gasteiger partial charge in [-0.25, -0.2) is 9.37 Å². The van der Waals surface area contributed by atoms with Crippen LogP contribution < -0.4 is 20.7 Å². The first kappa shape index (κ1) is 21.1. The third kappa shape index (κ3) is 3.92. The molecule has 1 aromatic carbocycles. The quantitative estimate of drug-likeness (QED) is 0.505. The highest BCUT2D eigenvalue weighted by molar-refractivity contribution is 6.29. The Kier molecular flexibility index (Phi) is 5.66. The number of amides is 2. The lowest BCUT2D eigenvalue weighted by Gasteiger charge is -2.25. The van der Waals surface area contributed by atoms with Crippen molar-refractivity contribution >= 4 is 29.2 Å². The largest absolute Gasteiger partial charge is 0.507 e. The molecule has 1 aliphatic heterocycles. The molecule has 0 unspecified atom stereocenters. The van der Waals surface area contributed by atoms with Crippen molar-refractivity contribution in [1.82, 2.24) is 10.3 Å². The van der Waals surface area contributed by atoms with Crippen LogP contribution in [0, 0.1) is 5.82 Å². The summed E-state index contributed by atoms with van der Waals surface area (Å²) in [5.74, 6) is -1.83. The van der Waals surface area contributed by atoms with Crippen LogP contribution in [0.25, 0.3) is 11.3 Å². The van der Waals surface area contributed by atoms with Crippen molar-refractivity contribution in [3.05, 3.63) is 58.7 Å². The topological polar surface area (TPSA) is 118 Å². The summed E-state index contributed by atoms with van der Waals surface area (Å²) in [7, 11) is 1.52. The van der Waals surface area contributed by atoms with Gasteiger partial charge < -0.3 is 20.9 Å². The number of pyridine rings is 1. The molecule has 1 aliphatic rings. The number of carbonyl (C=O) groups is 2. The summed E-state index contributed by atoms with van der Waals surface area (Å²) in [5.41, 5.74) is 5.69. The van der Waals surface area contributed by atoms with E-state index >= 15 is 0 Å². The van der Waals surface area contributed by atoms with Crippen LogP contribution in [0.4, 0.5) is 10.2 Å². The van der Waals surface area contributed by atoms with Gasteiger partial charge in [0.2, 0.25) is 0 Å². The number of rotatable bonds is 4. The zero-order valence-electron chi connectivity index (χ0n) is 16.1. The van der Waals surface area contributed by atoms with Crippen LogP contribution in [0.2, 0.25) is 0 Å². The minimum Gasteiger partial charge on any atom is -0.507 e. The van der Waals surface area contributed by atoms with Crippen molar-refractivity contribution in [1.29, 1.82) is 0 Å². The molecule has 0 radical (unpaired) electrons. The fourth-order valence-corrected chi connectivity index (χ4v) is 2.99. The molecule has 3 rings (SSSR count). The maximum atomic E-state index is 14.8. The Hall–Kier alpha value is -3.59. The number of nitrogens with one attached hydrogen (secondary N) is 1. The van der Waals surface area contributed by atoms with E-state index in [0.717, 1.165) is 12.1 Å². The Morgan fingerprint density at radius 3 is 2.77 bits per heavy atom. The van der Waals surface area contributed by atoms with Gasteiger partial charge in [-0.15, -0.1) is 0 Å². The minimum atomic E-state index is -0.823. The van der Waals surface area contributed by atoms with E-state index < -0.39 is 17.5 Å². The number of aromatic nitrogens is 1. The lowest BCUT2D eigenvalue weighted by Crippen LogP contribution is -2.36. The monoisotopic (exact) mass is 432 g/mol. The normalized spacial score (nSPS) is 13.9. The second kappa shape index (κ2) is 8.03. The van der Waals surface area contributed by atoms with Crippen molar-refractivity contribution in [3.8, 4) is 22.8 Å². The second-order valence-corrected chi connectivity index (χ2v) is 6.97. The third-order valence-corrected chi connectivity index (χ3v) is 4.58. The first-order valence-corrected chi connectivity index (χ1v) is 9.03. The van der Waals surface area contributed by atoms with Crippen molar-refractivity contribution in [2.75, 3.05) is 18.6 Å². The number of hydrogen-bond donors (Lipinski definition) is 3. The summed E-state index contributed by atoms with van der Waals surface area (Å²) >= 11 is 5.73. The number of likely N-dealkylation sites (N-methyl/N-ethyl adjacent to an activating group) is 1. The van der Waals surface area contributed by atoms with Crippen LogP contribution in [0.3, 0.4) is 0 Å². The summed E-state index contributed by atoms with van der Waals surface area (Å²) in [6.07, 6.45) is 0. The van der Waals surface area contributed by atoms with Crippen LogP contribution >= 0.6 is 11.6 Å². The predicted octanol–water partition coefficient (Wildman–Crippen LogP) is 2.62. The van der Waals surface area contributed by atoms with E-state index in [1.54, 1.807) is 13.0 Å². The molecule has 0 atom stereocenters. The van der Waals surface area contributed by atoms with Crippen molar-refractivity contribution in [3.63, 3.8) is 0 Å². The van der Waals surface area contributed by atoms with Gasteiger partial charge in [0.1, 0.15) is 16.7 Å². The molecule has 0 bridgehead atoms. The van der Waals surface area contributed by atoms with Crippen LogP contribution in [0.15, 0.2) is 47.3 Å². The number of anilines is 1. The van der Waals surface area contributed by atoms with Gasteiger partial charge in [0.15, 0.2) is 18.2 Å². The van der Waals surface area contributed by atoms with Crippen LogP contribution in [-0.2, 0) is 4.79 Å². The number of ether oxygens (including phenoxy) is 1. The number of allylic oxidation sites excluding steroid dienone is 1. The number of halogens is 2. The number of aromatic hydroxyl groups is 1. The van der Waals surface area contributed by atoms with E-state index in [0.29, 0.717) is 11.3 Å². The van der Waals surface area contributed by atoms with Gasteiger partial charge >= 0.3 is 0 Å². The molecule has 0 fully saturated rings. The van der Waals surface area contributed by atoms with E-state index in [2.05, 4.69) is 16.9 Å². The summed E-state index contributed by atoms with van der Waals surface area (Å²) in [6.45, 7) is 5.10. The SMILES string of the molecule is C=C(C)/C(NC(=O)c1cc(F)c(-c2ccc3c(n2)N(C)C(=O)CO3)cc1O)=C(\N)Cl. The number of nitrogens with two attached hydrogens (primary N) is 1. The highest BCUT2D eigenvalue weighted by Crippen LogP contribution is 2.34. The average molecular weight is 433 g/mol. The standard InChI is InChI=1S/C20H18ClFN4O4/c1-9(2)17(18(21)23)25-20(29)11-6-12(22)10(7-14(11)27)13-4-5-15-19(24-13)26(3)16(28)8-30-15/h4-7,27H,1,8,23H2,2-3H3,(H,25,29)/b18-17+. The van der Waals surface area contributed by atoms with Gasteiger partial charge in [-0.3, -0.25) is 14.5 Å². The van der Waals surface area contributed by atoms with Gasteiger partial charge in [0, 0.05) is 12.6 Å². The maximum Gasteiger partial charge on any atom is 0.265 e. The predicted molar refractivity (Wildman–Crippen MR) is 110 cm³/mol. The third-order valence-electron chi connectivity index (χ3n) is 4.39. The van der Waals surface area contributed by atoms with Crippen molar-refractivity contribution in [2.24, 2.45) is 5.73 Å². The molecule has 156 valence electrons. The fourth-order valence-electron chi connectivity index (χ4n) is 2.78. The van der Waals surface area contributed by atoms with Crippen molar-refractivity contribution < 1.29 is 23.8 Å². The Bertz CT molecular complexity index is 1110. The van der Waals surface area contributed by atoms with Crippen molar-refractivity contribution in [2.45, 2.75) is 6.92 Å². The lowest BCUT2D eigenvalue weighted by molar-refractivity contribution is -0.121. The molecule has 10 heteroatoms. The molecule has 30 heavy (non-hydrogen) atoms. The number of hydrogen-bond acceptors (Lipinski definition) is 6. The Labute approximate surface area is 176 Å². The van der Waals surface area contributed by atoms with E-state index in [-0.39, 0.29) is 46.0 Å². The number of fused-ring (bicyclic) bond motifs is 1. The van der Waals surface area contributed by atoms with Crippen LogP contribution in [0.5, 0.6) is 11.5 Å². The molecule has 2 amide bonds.